The van der Waals surface area contributed by atoms with Gasteiger partial charge in [-0.05, 0) is 24.8 Å². The van der Waals surface area contributed by atoms with E-state index in [0.29, 0.717) is 0 Å². The van der Waals surface area contributed by atoms with Gasteiger partial charge in [0.05, 0.1) is 0 Å². The molecule has 0 aromatic carbocycles. The van der Waals surface area contributed by atoms with Crippen molar-refractivity contribution in [3.63, 3.8) is 0 Å². The van der Waals surface area contributed by atoms with Gasteiger partial charge in [0.1, 0.15) is 0 Å². The largest absolute Gasteiger partial charge is 0.0807 e. The predicted molar refractivity (Wildman–Crippen MR) is 59.7 cm³/mol. The molecule has 0 heterocycles. The summed E-state index contributed by atoms with van der Waals surface area (Å²) in [5, 5.41) is 0. The van der Waals surface area contributed by atoms with Crippen LogP contribution in [0.25, 0.3) is 0 Å². The summed E-state index contributed by atoms with van der Waals surface area (Å²) in [5.41, 5.74) is 1.49. The second kappa shape index (κ2) is 6.71. The van der Waals surface area contributed by atoms with Gasteiger partial charge in [-0.1, -0.05) is 56.6 Å². The Balaban J connectivity index is 2.19. The molecular formula is C13H20. The average Bonchev–Trinajstić information content (AvgIpc) is 2.41. The van der Waals surface area contributed by atoms with E-state index < -0.39 is 0 Å². The second-order valence-corrected chi connectivity index (χ2v) is 3.62. The Hall–Kier alpha value is -0.780. The molecule has 0 N–H and O–H groups in total. The van der Waals surface area contributed by atoms with Crippen molar-refractivity contribution < 1.29 is 0 Å². The van der Waals surface area contributed by atoms with Gasteiger partial charge in [0, 0.05) is 0 Å². The van der Waals surface area contributed by atoms with Crippen LogP contribution in [0.2, 0.25) is 0 Å². The Morgan fingerprint density at radius 3 is 2.92 bits per heavy atom. The summed E-state index contributed by atoms with van der Waals surface area (Å²) >= 11 is 0. The molecule has 0 atom stereocenters. The standard InChI is InChI=1S/C13H20/c1-2-3-4-7-10-13-11-8-5-6-9-12-13/h5,8-9,11-12H,2-4,6-7,10H2,1H3. The van der Waals surface area contributed by atoms with Gasteiger partial charge < -0.3 is 0 Å². The quantitative estimate of drug-likeness (QED) is 0.545. The number of unbranched alkanes of at least 4 members (excludes halogenated alkanes) is 3. The Morgan fingerprint density at radius 1 is 1.15 bits per heavy atom. The minimum Gasteiger partial charge on any atom is -0.0807 e. The molecule has 0 aromatic rings. The molecule has 0 unspecified atom stereocenters. The molecule has 0 aromatic heterocycles. The lowest BCUT2D eigenvalue weighted by molar-refractivity contribution is 0.668. The Bertz CT molecular complexity index is 206. The molecule has 0 nitrogen and oxygen atoms in total. The molecule has 0 heteroatoms. The fraction of sp³-hybridized carbons (Fsp3) is 0.538. The molecule has 1 rings (SSSR count). The molecule has 0 spiro atoms. The molecule has 0 radical (unpaired) electrons. The van der Waals surface area contributed by atoms with Gasteiger partial charge >= 0.3 is 0 Å². The summed E-state index contributed by atoms with van der Waals surface area (Å²) in [6.07, 6.45) is 18.9. The van der Waals surface area contributed by atoms with E-state index in [0.717, 1.165) is 6.42 Å². The lowest BCUT2D eigenvalue weighted by Gasteiger charge is -2.00. The predicted octanol–water partition coefficient (Wildman–Crippen LogP) is 4.40. The van der Waals surface area contributed by atoms with Crippen molar-refractivity contribution >= 4 is 0 Å². The minimum atomic E-state index is 1.09. The molecule has 0 fully saturated rings. The highest BCUT2D eigenvalue weighted by molar-refractivity contribution is 5.26. The van der Waals surface area contributed by atoms with Gasteiger partial charge in [0.25, 0.3) is 0 Å². The Morgan fingerprint density at radius 2 is 2.08 bits per heavy atom. The normalized spacial score (nSPS) is 15.6. The van der Waals surface area contributed by atoms with Gasteiger partial charge in [-0.15, -0.1) is 0 Å². The molecule has 0 saturated carbocycles. The maximum Gasteiger partial charge on any atom is -0.0163 e. The van der Waals surface area contributed by atoms with E-state index in [9.17, 15) is 0 Å². The molecule has 72 valence electrons. The first kappa shape index (κ1) is 10.3. The van der Waals surface area contributed by atoms with Gasteiger partial charge in [0.2, 0.25) is 0 Å². The zero-order valence-corrected chi connectivity index (χ0v) is 8.63. The lowest BCUT2D eigenvalue weighted by Crippen LogP contribution is -1.80. The summed E-state index contributed by atoms with van der Waals surface area (Å²) in [6, 6.07) is 0. The number of hydrogen-bond acceptors (Lipinski definition) is 0. The van der Waals surface area contributed by atoms with Gasteiger partial charge in [-0.2, -0.15) is 0 Å². The highest BCUT2D eigenvalue weighted by atomic mass is 14.0. The van der Waals surface area contributed by atoms with E-state index >= 15 is 0 Å². The van der Waals surface area contributed by atoms with Crippen LogP contribution in [0.15, 0.2) is 36.0 Å². The van der Waals surface area contributed by atoms with Gasteiger partial charge in [-0.3, -0.25) is 0 Å². The molecular weight excluding hydrogens is 156 g/mol. The highest BCUT2D eigenvalue weighted by Crippen LogP contribution is 2.13. The molecule has 1 aliphatic carbocycles. The van der Waals surface area contributed by atoms with E-state index in [1.165, 1.54) is 37.7 Å². The highest BCUT2D eigenvalue weighted by Gasteiger charge is 1.93. The van der Waals surface area contributed by atoms with Crippen LogP contribution >= 0.6 is 0 Å². The zero-order chi connectivity index (χ0) is 9.36. The Kier molecular flexibility index (Phi) is 5.31. The first-order chi connectivity index (χ1) is 6.43. The van der Waals surface area contributed by atoms with Gasteiger partial charge in [-0.25, -0.2) is 0 Å². The van der Waals surface area contributed by atoms with Crippen molar-refractivity contribution in [2.45, 2.75) is 45.4 Å². The van der Waals surface area contributed by atoms with Crippen LogP contribution in [0, 0.1) is 0 Å². The van der Waals surface area contributed by atoms with Crippen molar-refractivity contribution in [1.82, 2.24) is 0 Å². The van der Waals surface area contributed by atoms with E-state index in [-0.39, 0.29) is 0 Å². The van der Waals surface area contributed by atoms with Crippen LogP contribution in [0.5, 0.6) is 0 Å². The van der Waals surface area contributed by atoms with Crippen molar-refractivity contribution in [2.24, 2.45) is 0 Å². The number of rotatable bonds is 5. The summed E-state index contributed by atoms with van der Waals surface area (Å²) < 4.78 is 0. The second-order valence-electron chi connectivity index (χ2n) is 3.62. The van der Waals surface area contributed by atoms with Gasteiger partial charge in [0.15, 0.2) is 0 Å². The molecule has 13 heavy (non-hydrogen) atoms. The maximum absolute atomic E-state index is 2.27. The fourth-order valence-corrected chi connectivity index (χ4v) is 1.55. The fourth-order valence-electron chi connectivity index (χ4n) is 1.55. The van der Waals surface area contributed by atoms with E-state index in [2.05, 4.69) is 37.3 Å². The molecule has 1 aliphatic rings. The van der Waals surface area contributed by atoms with Crippen molar-refractivity contribution in [2.75, 3.05) is 0 Å². The SMILES string of the molecule is CCCCCCC1=CC=CCC=C1. The molecule has 0 amide bonds. The first-order valence-corrected chi connectivity index (χ1v) is 5.45. The molecule has 0 aliphatic heterocycles. The van der Waals surface area contributed by atoms with Crippen molar-refractivity contribution in [3.05, 3.63) is 36.0 Å². The maximum atomic E-state index is 2.27. The molecule has 0 bridgehead atoms. The van der Waals surface area contributed by atoms with Crippen LogP contribution in [0.3, 0.4) is 0 Å². The van der Waals surface area contributed by atoms with Crippen LogP contribution < -0.4 is 0 Å². The van der Waals surface area contributed by atoms with Crippen molar-refractivity contribution in [3.8, 4) is 0 Å². The van der Waals surface area contributed by atoms with E-state index in [4.69, 9.17) is 0 Å². The third-order valence-corrected chi connectivity index (χ3v) is 2.37. The zero-order valence-electron chi connectivity index (χ0n) is 8.63. The monoisotopic (exact) mass is 176 g/mol. The van der Waals surface area contributed by atoms with Crippen LogP contribution in [0.1, 0.15) is 45.4 Å². The smallest absolute Gasteiger partial charge is 0.0163 e. The third-order valence-electron chi connectivity index (χ3n) is 2.37. The third kappa shape index (κ3) is 4.72. The van der Waals surface area contributed by atoms with Crippen LogP contribution in [-0.4, -0.2) is 0 Å². The summed E-state index contributed by atoms with van der Waals surface area (Å²) in [5.74, 6) is 0. The minimum absolute atomic E-state index is 1.09. The van der Waals surface area contributed by atoms with Crippen LogP contribution in [0.4, 0.5) is 0 Å². The van der Waals surface area contributed by atoms with E-state index in [1.807, 2.05) is 0 Å². The summed E-state index contributed by atoms with van der Waals surface area (Å²) in [7, 11) is 0. The van der Waals surface area contributed by atoms with E-state index in [1.54, 1.807) is 0 Å². The Labute approximate surface area is 82.0 Å². The average molecular weight is 176 g/mol. The number of hydrogen-bond donors (Lipinski definition) is 0. The number of allylic oxidation sites excluding steroid dienone is 6. The topological polar surface area (TPSA) is 0 Å². The lowest BCUT2D eigenvalue weighted by atomic mass is 10.1. The van der Waals surface area contributed by atoms with Crippen molar-refractivity contribution in [1.29, 1.82) is 0 Å². The summed E-state index contributed by atoms with van der Waals surface area (Å²) in [6.45, 7) is 2.26. The van der Waals surface area contributed by atoms with Crippen LogP contribution in [-0.2, 0) is 0 Å². The molecule has 0 saturated heterocycles. The summed E-state index contributed by atoms with van der Waals surface area (Å²) in [4.78, 5) is 0. The first-order valence-electron chi connectivity index (χ1n) is 5.45.